The normalized spacial score (nSPS) is 12.5. The minimum absolute atomic E-state index is 0.0881. The molecule has 104 valence electrons. The number of rotatable bonds is 4. The molecule has 0 amide bonds. The monoisotopic (exact) mass is 290 g/mol. The van der Waals surface area contributed by atoms with Crippen molar-refractivity contribution in [3.63, 3.8) is 0 Å². The highest BCUT2D eigenvalue weighted by molar-refractivity contribution is 7.16. The third-order valence-electron chi connectivity index (χ3n) is 2.59. The fourth-order valence-electron chi connectivity index (χ4n) is 1.63. The zero-order chi connectivity index (χ0) is 14.0. The number of nitrogens with two attached hydrogens (primary N) is 1. The lowest BCUT2D eigenvalue weighted by atomic mass is 10.3. The van der Waals surface area contributed by atoms with Gasteiger partial charge in [-0.3, -0.25) is 4.90 Å². The lowest BCUT2D eigenvalue weighted by Gasteiger charge is -2.16. The van der Waals surface area contributed by atoms with E-state index in [4.69, 9.17) is 5.73 Å². The van der Waals surface area contributed by atoms with Gasteiger partial charge in [0.1, 0.15) is 16.5 Å². The molecule has 0 bridgehead atoms. The SMILES string of the molecule is CN(CCC(F)(F)F)Cc1nc(N)c2ccsc2n1. The Morgan fingerprint density at radius 1 is 1.37 bits per heavy atom. The van der Waals surface area contributed by atoms with Crippen LogP contribution >= 0.6 is 11.3 Å². The standard InChI is InChI=1S/C11H13F3N4S/c1-18(4-3-11(12,13)14)6-8-16-9(15)7-2-5-19-10(7)17-8/h2,5H,3-4,6H2,1H3,(H2,15,16,17). The molecule has 2 aromatic rings. The van der Waals surface area contributed by atoms with E-state index >= 15 is 0 Å². The van der Waals surface area contributed by atoms with Gasteiger partial charge in [-0.2, -0.15) is 13.2 Å². The maximum Gasteiger partial charge on any atom is 0.390 e. The number of aromatic nitrogens is 2. The van der Waals surface area contributed by atoms with Crippen LogP contribution in [0.25, 0.3) is 10.2 Å². The second-order valence-corrected chi connectivity index (χ2v) is 5.16. The van der Waals surface area contributed by atoms with Crippen LogP contribution in [0.2, 0.25) is 0 Å². The summed E-state index contributed by atoms with van der Waals surface area (Å²) in [5.41, 5.74) is 5.78. The molecule has 4 nitrogen and oxygen atoms in total. The van der Waals surface area contributed by atoms with Gasteiger partial charge in [-0.1, -0.05) is 0 Å². The highest BCUT2D eigenvalue weighted by Gasteiger charge is 2.27. The molecule has 0 fully saturated rings. The summed E-state index contributed by atoms with van der Waals surface area (Å²) in [4.78, 5) is 10.7. The van der Waals surface area contributed by atoms with Gasteiger partial charge in [0.05, 0.1) is 18.4 Å². The maximum atomic E-state index is 12.1. The van der Waals surface area contributed by atoms with Crippen molar-refractivity contribution in [1.82, 2.24) is 14.9 Å². The van der Waals surface area contributed by atoms with Gasteiger partial charge >= 0.3 is 6.18 Å². The van der Waals surface area contributed by atoms with Crippen molar-refractivity contribution >= 4 is 27.4 Å². The first-order valence-corrected chi connectivity index (χ1v) is 6.48. The largest absolute Gasteiger partial charge is 0.390 e. The van der Waals surface area contributed by atoms with E-state index in [1.54, 1.807) is 7.05 Å². The smallest absolute Gasteiger partial charge is 0.383 e. The van der Waals surface area contributed by atoms with Crippen molar-refractivity contribution in [3.05, 3.63) is 17.3 Å². The van der Waals surface area contributed by atoms with Crippen LogP contribution in [-0.4, -0.2) is 34.6 Å². The second kappa shape index (κ2) is 5.30. The van der Waals surface area contributed by atoms with E-state index in [1.165, 1.54) is 16.2 Å². The van der Waals surface area contributed by atoms with Gasteiger partial charge in [0, 0.05) is 6.54 Å². The summed E-state index contributed by atoms with van der Waals surface area (Å²) in [7, 11) is 1.60. The third kappa shape index (κ3) is 3.77. The Morgan fingerprint density at radius 2 is 2.11 bits per heavy atom. The Morgan fingerprint density at radius 3 is 2.79 bits per heavy atom. The average molecular weight is 290 g/mol. The van der Waals surface area contributed by atoms with Gasteiger partial charge in [0.2, 0.25) is 0 Å². The van der Waals surface area contributed by atoms with E-state index < -0.39 is 12.6 Å². The molecule has 2 N–H and O–H groups in total. The molecule has 2 aromatic heterocycles. The predicted molar refractivity (Wildman–Crippen MR) is 68.8 cm³/mol. The Balaban J connectivity index is 2.04. The first kappa shape index (κ1) is 14.0. The Hall–Kier alpha value is -1.41. The maximum absolute atomic E-state index is 12.1. The molecule has 0 aliphatic rings. The van der Waals surface area contributed by atoms with Crippen molar-refractivity contribution < 1.29 is 13.2 Å². The first-order chi connectivity index (χ1) is 8.85. The van der Waals surface area contributed by atoms with Gasteiger partial charge in [0.15, 0.2) is 0 Å². The van der Waals surface area contributed by atoms with Crippen LogP contribution in [0.5, 0.6) is 0 Å². The zero-order valence-electron chi connectivity index (χ0n) is 10.2. The molecule has 0 spiro atoms. The fourth-order valence-corrected chi connectivity index (χ4v) is 2.42. The zero-order valence-corrected chi connectivity index (χ0v) is 11.1. The number of hydrogen-bond acceptors (Lipinski definition) is 5. The number of nitrogens with zero attached hydrogens (tertiary/aromatic N) is 3. The molecule has 0 saturated carbocycles. The quantitative estimate of drug-likeness (QED) is 0.940. The molecule has 0 unspecified atom stereocenters. The molecule has 0 saturated heterocycles. The van der Waals surface area contributed by atoms with Gasteiger partial charge < -0.3 is 5.73 Å². The van der Waals surface area contributed by atoms with Crippen molar-refractivity contribution in [2.75, 3.05) is 19.3 Å². The Labute approximate surface area is 112 Å². The highest BCUT2D eigenvalue weighted by Crippen LogP contribution is 2.23. The number of anilines is 1. The highest BCUT2D eigenvalue weighted by atomic mass is 32.1. The van der Waals surface area contributed by atoms with E-state index in [-0.39, 0.29) is 13.1 Å². The number of hydrogen-bond donors (Lipinski definition) is 1. The summed E-state index contributed by atoms with van der Waals surface area (Å²) in [6, 6.07) is 1.83. The third-order valence-corrected chi connectivity index (χ3v) is 3.40. The van der Waals surface area contributed by atoms with E-state index in [2.05, 4.69) is 9.97 Å². The van der Waals surface area contributed by atoms with Gasteiger partial charge in [-0.15, -0.1) is 11.3 Å². The molecule has 19 heavy (non-hydrogen) atoms. The summed E-state index contributed by atoms with van der Waals surface area (Å²) in [5.74, 6) is 0.808. The molecular weight excluding hydrogens is 277 g/mol. The number of nitrogen functional groups attached to an aromatic ring is 1. The Bertz CT molecular complexity index is 567. The second-order valence-electron chi connectivity index (χ2n) is 4.27. The van der Waals surface area contributed by atoms with Crippen molar-refractivity contribution in [1.29, 1.82) is 0 Å². The minimum atomic E-state index is -4.15. The molecule has 8 heteroatoms. The van der Waals surface area contributed by atoms with E-state index in [0.29, 0.717) is 11.6 Å². The van der Waals surface area contributed by atoms with Crippen LogP contribution in [0.4, 0.5) is 19.0 Å². The molecular formula is C11H13F3N4S. The van der Waals surface area contributed by atoms with Crippen LogP contribution in [0.3, 0.4) is 0 Å². The topological polar surface area (TPSA) is 55.0 Å². The molecule has 0 aliphatic carbocycles. The van der Waals surface area contributed by atoms with Gasteiger partial charge in [-0.25, -0.2) is 9.97 Å². The molecule has 2 rings (SSSR count). The summed E-state index contributed by atoms with van der Waals surface area (Å²) >= 11 is 1.43. The van der Waals surface area contributed by atoms with Crippen LogP contribution in [0, 0.1) is 0 Å². The number of fused-ring (bicyclic) bond motifs is 1. The molecule has 0 atom stereocenters. The van der Waals surface area contributed by atoms with Crippen molar-refractivity contribution in [3.8, 4) is 0 Å². The van der Waals surface area contributed by atoms with Gasteiger partial charge in [-0.05, 0) is 18.5 Å². The summed E-state index contributed by atoms with van der Waals surface area (Å²) in [6.45, 7) is 0.156. The van der Waals surface area contributed by atoms with Crippen molar-refractivity contribution in [2.45, 2.75) is 19.1 Å². The fraction of sp³-hybridized carbons (Fsp3) is 0.455. The summed E-state index contributed by atoms with van der Waals surface area (Å²) < 4.78 is 36.3. The van der Waals surface area contributed by atoms with E-state index in [0.717, 1.165) is 10.2 Å². The van der Waals surface area contributed by atoms with Crippen LogP contribution in [-0.2, 0) is 6.54 Å². The lowest BCUT2D eigenvalue weighted by molar-refractivity contribution is -0.137. The summed E-state index contributed by atoms with van der Waals surface area (Å²) in [6.07, 6.45) is -4.99. The van der Waals surface area contributed by atoms with E-state index in [1.807, 2.05) is 11.4 Å². The predicted octanol–water partition coefficient (Wildman–Crippen LogP) is 2.66. The average Bonchev–Trinajstić information content (AvgIpc) is 2.74. The van der Waals surface area contributed by atoms with Crippen LogP contribution in [0.1, 0.15) is 12.2 Å². The summed E-state index contributed by atoms with van der Waals surface area (Å²) in [5, 5.41) is 2.64. The molecule has 0 radical (unpaired) electrons. The first-order valence-electron chi connectivity index (χ1n) is 5.60. The van der Waals surface area contributed by atoms with Crippen LogP contribution < -0.4 is 5.73 Å². The molecule has 2 heterocycles. The van der Waals surface area contributed by atoms with E-state index in [9.17, 15) is 13.2 Å². The van der Waals surface area contributed by atoms with Gasteiger partial charge in [0.25, 0.3) is 0 Å². The minimum Gasteiger partial charge on any atom is -0.383 e. The Kier molecular flexibility index (Phi) is 3.91. The number of thiophene rings is 1. The van der Waals surface area contributed by atoms with Crippen molar-refractivity contribution in [2.24, 2.45) is 0 Å². The number of halogens is 3. The van der Waals surface area contributed by atoms with Crippen LogP contribution in [0.15, 0.2) is 11.4 Å². The number of alkyl halides is 3. The lowest BCUT2D eigenvalue weighted by Crippen LogP contribution is -2.25. The molecule has 0 aliphatic heterocycles. The molecule has 0 aromatic carbocycles.